The van der Waals surface area contributed by atoms with Gasteiger partial charge in [0.25, 0.3) is 0 Å². The molecule has 2 aromatic rings. The zero-order chi connectivity index (χ0) is 11.7. The number of anilines is 1. The Balaban J connectivity index is 1.64. The van der Waals surface area contributed by atoms with Gasteiger partial charge >= 0.3 is 0 Å². The van der Waals surface area contributed by atoms with Crippen LogP contribution in [-0.2, 0) is 0 Å². The lowest BCUT2D eigenvalue weighted by Crippen LogP contribution is -1.89. The van der Waals surface area contributed by atoms with E-state index in [0.29, 0.717) is 17.0 Å². The lowest BCUT2D eigenvalue weighted by molar-refractivity contribution is 1.13. The molecule has 1 aromatic carbocycles. The van der Waals surface area contributed by atoms with E-state index in [-0.39, 0.29) is 0 Å². The molecule has 3 rings (SSSR count). The summed E-state index contributed by atoms with van der Waals surface area (Å²) in [5.74, 6) is 1.29. The van der Waals surface area contributed by atoms with Crippen LogP contribution < -0.4 is 5.73 Å². The summed E-state index contributed by atoms with van der Waals surface area (Å²) in [6.07, 6.45) is 3.12. The van der Waals surface area contributed by atoms with Crippen molar-refractivity contribution in [1.29, 1.82) is 0 Å². The number of hydrogen-bond acceptors (Lipinski definition) is 3. The fourth-order valence-electron chi connectivity index (χ4n) is 1.99. The number of benzene rings is 1. The van der Waals surface area contributed by atoms with Crippen LogP contribution in [0.3, 0.4) is 0 Å². The van der Waals surface area contributed by atoms with Crippen LogP contribution in [0.5, 0.6) is 0 Å². The minimum Gasteiger partial charge on any atom is -0.384 e. The van der Waals surface area contributed by atoms with E-state index in [9.17, 15) is 0 Å². The van der Waals surface area contributed by atoms with Crippen LogP contribution >= 0.6 is 11.8 Å². The van der Waals surface area contributed by atoms with Gasteiger partial charge in [0, 0.05) is 16.3 Å². The maximum Gasteiger partial charge on any atom is 0.123 e. The molecular weight excluding hydrogens is 228 g/mol. The Hall–Kier alpha value is -1.48. The maximum absolute atomic E-state index is 5.57. The Morgan fingerprint density at radius 2 is 1.94 bits per heavy atom. The van der Waals surface area contributed by atoms with Crippen molar-refractivity contribution in [3.63, 3.8) is 0 Å². The average Bonchev–Trinajstić information content (AvgIpc) is 3.13. The first kappa shape index (κ1) is 10.7. The number of pyridine rings is 1. The molecule has 2 unspecified atom stereocenters. The van der Waals surface area contributed by atoms with Crippen molar-refractivity contribution in [3.05, 3.63) is 54.2 Å². The fourth-order valence-corrected chi connectivity index (χ4v) is 3.22. The summed E-state index contributed by atoms with van der Waals surface area (Å²) in [7, 11) is 0. The first-order valence-electron chi connectivity index (χ1n) is 5.76. The van der Waals surface area contributed by atoms with E-state index in [0.717, 1.165) is 0 Å². The average molecular weight is 242 g/mol. The number of thioether (sulfide) groups is 1. The van der Waals surface area contributed by atoms with Crippen LogP contribution in [0.15, 0.2) is 53.6 Å². The Kier molecular flexibility index (Phi) is 2.77. The highest BCUT2D eigenvalue weighted by molar-refractivity contribution is 8.00. The summed E-state index contributed by atoms with van der Waals surface area (Å²) in [6.45, 7) is 0. The van der Waals surface area contributed by atoms with Crippen molar-refractivity contribution >= 4 is 17.6 Å². The quantitative estimate of drug-likeness (QED) is 0.897. The van der Waals surface area contributed by atoms with Crippen LogP contribution in [-0.4, -0.2) is 10.2 Å². The monoisotopic (exact) mass is 242 g/mol. The summed E-state index contributed by atoms with van der Waals surface area (Å²) in [5, 5.41) is 0.697. The van der Waals surface area contributed by atoms with E-state index in [1.165, 1.54) is 16.9 Å². The largest absolute Gasteiger partial charge is 0.384 e. The molecule has 1 fully saturated rings. The van der Waals surface area contributed by atoms with Crippen molar-refractivity contribution in [2.75, 3.05) is 5.73 Å². The summed E-state index contributed by atoms with van der Waals surface area (Å²) in [4.78, 5) is 5.33. The van der Waals surface area contributed by atoms with E-state index >= 15 is 0 Å². The predicted molar refractivity (Wildman–Crippen MR) is 72.1 cm³/mol. The highest BCUT2D eigenvalue weighted by Crippen LogP contribution is 2.51. The summed E-state index contributed by atoms with van der Waals surface area (Å²) < 4.78 is 0. The molecule has 2 nitrogen and oxygen atoms in total. The van der Waals surface area contributed by atoms with Crippen molar-refractivity contribution < 1.29 is 0 Å². The molecule has 0 spiro atoms. The first-order valence-corrected chi connectivity index (χ1v) is 6.64. The van der Waals surface area contributed by atoms with Crippen LogP contribution in [0.25, 0.3) is 0 Å². The molecule has 1 heterocycles. The number of hydrogen-bond donors (Lipinski definition) is 1. The van der Waals surface area contributed by atoms with E-state index < -0.39 is 0 Å². The van der Waals surface area contributed by atoms with Gasteiger partial charge in [0.15, 0.2) is 0 Å². The molecule has 0 saturated heterocycles. The van der Waals surface area contributed by atoms with E-state index in [1.807, 2.05) is 30.1 Å². The molecular formula is C14H14N2S. The van der Waals surface area contributed by atoms with Gasteiger partial charge in [-0.25, -0.2) is 4.98 Å². The molecule has 2 N–H and O–H groups in total. The van der Waals surface area contributed by atoms with Crippen molar-refractivity contribution in [2.24, 2.45) is 0 Å². The van der Waals surface area contributed by atoms with Crippen LogP contribution in [0.2, 0.25) is 0 Å². The van der Waals surface area contributed by atoms with Crippen molar-refractivity contribution in [3.8, 4) is 0 Å². The summed E-state index contributed by atoms with van der Waals surface area (Å²) >= 11 is 1.90. The first-order chi connectivity index (χ1) is 8.33. The van der Waals surface area contributed by atoms with E-state index in [1.54, 1.807) is 0 Å². The van der Waals surface area contributed by atoms with Crippen molar-refractivity contribution in [1.82, 2.24) is 4.98 Å². The predicted octanol–water partition coefficient (Wildman–Crippen LogP) is 3.31. The number of aromatic nitrogens is 1. The molecule has 2 atom stereocenters. The molecule has 1 aromatic heterocycles. The van der Waals surface area contributed by atoms with Gasteiger partial charge in [0.2, 0.25) is 0 Å². The number of rotatable bonds is 3. The second kappa shape index (κ2) is 4.41. The van der Waals surface area contributed by atoms with Gasteiger partial charge < -0.3 is 5.73 Å². The van der Waals surface area contributed by atoms with Crippen LogP contribution in [0.4, 0.5) is 5.82 Å². The van der Waals surface area contributed by atoms with E-state index in [4.69, 9.17) is 5.73 Å². The number of nitrogen functional groups attached to an aromatic ring is 1. The Morgan fingerprint density at radius 3 is 2.65 bits per heavy atom. The second-order valence-corrected chi connectivity index (χ2v) is 5.64. The Morgan fingerprint density at radius 1 is 1.12 bits per heavy atom. The fraction of sp³-hybridized carbons (Fsp3) is 0.214. The van der Waals surface area contributed by atoms with Gasteiger partial charge in [-0.1, -0.05) is 30.3 Å². The normalized spacial score (nSPS) is 22.4. The van der Waals surface area contributed by atoms with Crippen molar-refractivity contribution in [2.45, 2.75) is 22.5 Å². The molecule has 1 aliphatic rings. The third kappa shape index (κ3) is 2.44. The van der Waals surface area contributed by atoms with Crippen LogP contribution in [0.1, 0.15) is 17.9 Å². The third-order valence-electron chi connectivity index (χ3n) is 3.01. The van der Waals surface area contributed by atoms with Crippen LogP contribution in [0, 0.1) is 0 Å². The lowest BCUT2D eigenvalue weighted by atomic mass is 10.1. The maximum atomic E-state index is 5.57. The Bertz CT molecular complexity index is 495. The number of nitrogens with zero attached hydrogens (tertiary/aromatic N) is 1. The highest BCUT2D eigenvalue weighted by Gasteiger charge is 2.38. The van der Waals surface area contributed by atoms with Gasteiger partial charge in [0.1, 0.15) is 5.82 Å². The number of nitrogens with two attached hydrogens (primary N) is 1. The van der Waals surface area contributed by atoms with Gasteiger partial charge in [-0.15, -0.1) is 11.8 Å². The minimum atomic E-state index is 0.588. The summed E-state index contributed by atoms with van der Waals surface area (Å²) in [6, 6.07) is 14.6. The van der Waals surface area contributed by atoms with Gasteiger partial charge in [-0.3, -0.25) is 0 Å². The smallest absolute Gasteiger partial charge is 0.123 e. The zero-order valence-electron chi connectivity index (χ0n) is 9.41. The molecule has 0 radical (unpaired) electrons. The molecule has 1 saturated carbocycles. The van der Waals surface area contributed by atoms with Gasteiger partial charge in [0.05, 0.1) is 0 Å². The third-order valence-corrected chi connectivity index (χ3v) is 4.34. The molecule has 17 heavy (non-hydrogen) atoms. The standard InChI is InChI=1S/C14H14N2S/c15-14-7-6-11(9-16-14)17-13-8-12(13)10-4-2-1-3-5-10/h1-7,9,12-13H,8H2,(H2,15,16). The summed E-state index contributed by atoms with van der Waals surface area (Å²) in [5.41, 5.74) is 7.02. The molecule has 1 aliphatic carbocycles. The molecule has 3 heteroatoms. The molecule has 86 valence electrons. The van der Waals surface area contributed by atoms with E-state index in [2.05, 4.69) is 35.3 Å². The lowest BCUT2D eigenvalue weighted by Gasteiger charge is -2.01. The second-order valence-electron chi connectivity index (χ2n) is 4.33. The molecule has 0 bridgehead atoms. The minimum absolute atomic E-state index is 0.588. The van der Waals surface area contributed by atoms with Gasteiger partial charge in [-0.05, 0) is 30.0 Å². The molecule has 0 amide bonds. The molecule has 0 aliphatic heterocycles. The van der Waals surface area contributed by atoms with Gasteiger partial charge in [-0.2, -0.15) is 0 Å². The topological polar surface area (TPSA) is 38.9 Å². The zero-order valence-corrected chi connectivity index (χ0v) is 10.2. The SMILES string of the molecule is Nc1ccc(SC2CC2c2ccccc2)cn1. The highest BCUT2D eigenvalue weighted by atomic mass is 32.2. The Labute approximate surface area is 105 Å².